The normalized spacial score (nSPS) is 18.2. The Hall–Kier alpha value is -2.04. The second kappa shape index (κ2) is 7.11. The summed E-state index contributed by atoms with van der Waals surface area (Å²) in [6, 6.07) is 7.53. The molecule has 1 saturated heterocycles. The minimum Gasteiger partial charge on any atom is -0.450 e. The first kappa shape index (κ1) is 15.4. The van der Waals surface area contributed by atoms with Gasteiger partial charge >= 0.3 is 6.09 Å². The van der Waals surface area contributed by atoms with Gasteiger partial charge < -0.3 is 15.0 Å². The number of carbonyl (C=O) groups excluding carboxylic acids is 2. The molecule has 0 unspecified atom stereocenters. The maximum Gasteiger partial charge on any atom is 0.407 e. The van der Waals surface area contributed by atoms with Gasteiger partial charge in [0, 0.05) is 24.7 Å². The standard InChI is InChI=1S/C16H22N2O3/c1-3-21-16(20)17-14-5-4-10-18(11-14)15(19)13-8-6-12(2)7-9-13/h6-9,14H,3-5,10-11H2,1-2H3,(H,17,20)/t14-/m1/s1. The summed E-state index contributed by atoms with van der Waals surface area (Å²) in [5, 5.41) is 2.81. The Balaban J connectivity index is 1.95. The first-order valence-corrected chi connectivity index (χ1v) is 7.39. The number of hydrogen-bond donors (Lipinski definition) is 1. The molecule has 2 amide bonds. The maximum atomic E-state index is 12.5. The monoisotopic (exact) mass is 290 g/mol. The fourth-order valence-corrected chi connectivity index (χ4v) is 2.50. The lowest BCUT2D eigenvalue weighted by Gasteiger charge is -2.33. The van der Waals surface area contributed by atoms with Gasteiger partial charge in [-0.15, -0.1) is 0 Å². The Labute approximate surface area is 125 Å². The molecular formula is C16H22N2O3. The number of likely N-dealkylation sites (tertiary alicyclic amines) is 1. The molecule has 1 fully saturated rings. The van der Waals surface area contributed by atoms with E-state index in [1.54, 1.807) is 11.8 Å². The first-order chi connectivity index (χ1) is 10.1. The highest BCUT2D eigenvalue weighted by Gasteiger charge is 2.25. The second-order valence-corrected chi connectivity index (χ2v) is 5.32. The fourth-order valence-electron chi connectivity index (χ4n) is 2.50. The van der Waals surface area contributed by atoms with Gasteiger partial charge in [-0.1, -0.05) is 17.7 Å². The molecule has 0 saturated carbocycles. The summed E-state index contributed by atoms with van der Waals surface area (Å²) < 4.78 is 4.88. The first-order valence-electron chi connectivity index (χ1n) is 7.39. The van der Waals surface area contributed by atoms with Crippen molar-refractivity contribution in [3.05, 3.63) is 35.4 Å². The predicted octanol–water partition coefficient (Wildman–Crippen LogP) is 2.35. The van der Waals surface area contributed by atoms with Crippen molar-refractivity contribution in [1.29, 1.82) is 0 Å². The third kappa shape index (κ3) is 4.21. The van der Waals surface area contributed by atoms with Crippen molar-refractivity contribution >= 4 is 12.0 Å². The smallest absolute Gasteiger partial charge is 0.407 e. The largest absolute Gasteiger partial charge is 0.450 e. The lowest BCUT2D eigenvalue weighted by Crippen LogP contribution is -2.49. The average molecular weight is 290 g/mol. The van der Waals surface area contributed by atoms with E-state index in [4.69, 9.17) is 4.74 Å². The zero-order valence-corrected chi connectivity index (χ0v) is 12.6. The summed E-state index contributed by atoms with van der Waals surface area (Å²) >= 11 is 0. The van der Waals surface area contributed by atoms with Crippen LogP contribution >= 0.6 is 0 Å². The van der Waals surface area contributed by atoms with Gasteiger partial charge in [-0.3, -0.25) is 4.79 Å². The minimum absolute atomic E-state index is 0.0189. The molecule has 5 heteroatoms. The van der Waals surface area contributed by atoms with Gasteiger partial charge in [0.2, 0.25) is 0 Å². The van der Waals surface area contributed by atoms with Crippen LogP contribution in [0.2, 0.25) is 0 Å². The molecule has 1 heterocycles. The molecule has 5 nitrogen and oxygen atoms in total. The highest BCUT2D eigenvalue weighted by atomic mass is 16.5. The number of ether oxygens (including phenoxy) is 1. The van der Waals surface area contributed by atoms with Gasteiger partial charge in [0.05, 0.1) is 6.61 Å². The Morgan fingerprint density at radius 3 is 2.71 bits per heavy atom. The molecule has 1 aromatic carbocycles. The Bertz CT molecular complexity index is 499. The zero-order chi connectivity index (χ0) is 15.2. The van der Waals surface area contributed by atoms with Crippen molar-refractivity contribution in [3.63, 3.8) is 0 Å². The van der Waals surface area contributed by atoms with Crippen LogP contribution in [0.3, 0.4) is 0 Å². The number of aryl methyl sites for hydroxylation is 1. The van der Waals surface area contributed by atoms with Crippen LogP contribution in [0.15, 0.2) is 24.3 Å². The summed E-state index contributed by atoms with van der Waals surface area (Å²) in [5.74, 6) is 0.0189. The van der Waals surface area contributed by atoms with E-state index in [0.717, 1.165) is 24.9 Å². The van der Waals surface area contributed by atoms with Crippen molar-refractivity contribution in [1.82, 2.24) is 10.2 Å². The van der Waals surface area contributed by atoms with Gasteiger partial charge in [-0.25, -0.2) is 4.79 Å². The van der Waals surface area contributed by atoms with Gasteiger partial charge in [0.1, 0.15) is 0 Å². The number of hydrogen-bond acceptors (Lipinski definition) is 3. The van der Waals surface area contributed by atoms with Crippen LogP contribution in [-0.4, -0.2) is 42.6 Å². The van der Waals surface area contributed by atoms with E-state index in [0.29, 0.717) is 18.7 Å². The number of benzene rings is 1. The Morgan fingerprint density at radius 1 is 1.33 bits per heavy atom. The van der Waals surface area contributed by atoms with Gasteiger partial charge in [0.25, 0.3) is 5.91 Å². The van der Waals surface area contributed by atoms with E-state index in [9.17, 15) is 9.59 Å². The van der Waals surface area contributed by atoms with Crippen LogP contribution in [0.25, 0.3) is 0 Å². The van der Waals surface area contributed by atoms with Crippen molar-refractivity contribution < 1.29 is 14.3 Å². The van der Waals surface area contributed by atoms with Crippen LogP contribution in [-0.2, 0) is 4.74 Å². The fraction of sp³-hybridized carbons (Fsp3) is 0.500. The molecular weight excluding hydrogens is 268 g/mol. The molecule has 1 aliphatic heterocycles. The number of nitrogens with one attached hydrogen (secondary N) is 1. The summed E-state index contributed by atoms with van der Waals surface area (Å²) in [6.45, 7) is 5.38. The van der Waals surface area contributed by atoms with E-state index >= 15 is 0 Å². The predicted molar refractivity (Wildman–Crippen MR) is 80.3 cm³/mol. The molecule has 114 valence electrons. The molecule has 0 bridgehead atoms. The van der Waals surface area contributed by atoms with Crippen LogP contribution in [0.1, 0.15) is 35.7 Å². The molecule has 1 atom stereocenters. The second-order valence-electron chi connectivity index (χ2n) is 5.32. The molecule has 0 radical (unpaired) electrons. The summed E-state index contributed by atoms with van der Waals surface area (Å²) in [6.07, 6.45) is 1.35. The highest BCUT2D eigenvalue weighted by Crippen LogP contribution is 2.14. The van der Waals surface area contributed by atoms with Gasteiger partial charge in [-0.05, 0) is 38.8 Å². The number of rotatable bonds is 3. The Morgan fingerprint density at radius 2 is 2.05 bits per heavy atom. The summed E-state index contributed by atoms with van der Waals surface area (Å²) in [7, 11) is 0. The lowest BCUT2D eigenvalue weighted by atomic mass is 10.0. The van der Waals surface area contributed by atoms with E-state index < -0.39 is 6.09 Å². The average Bonchev–Trinajstić information content (AvgIpc) is 2.48. The quantitative estimate of drug-likeness (QED) is 0.929. The number of piperidine rings is 1. The van der Waals surface area contributed by atoms with E-state index in [1.807, 2.05) is 31.2 Å². The number of nitrogens with zero attached hydrogens (tertiary/aromatic N) is 1. The van der Waals surface area contributed by atoms with Crippen LogP contribution in [0.4, 0.5) is 4.79 Å². The topological polar surface area (TPSA) is 58.6 Å². The van der Waals surface area contributed by atoms with E-state index in [-0.39, 0.29) is 11.9 Å². The van der Waals surface area contributed by atoms with Crippen molar-refractivity contribution in [2.24, 2.45) is 0 Å². The zero-order valence-electron chi connectivity index (χ0n) is 12.6. The van der Waals surface area contributed by atoms with Crippen molar-refractivity contribution in [3.8, 4) is 0 Å². The number of carbonyl (C=O) groups is 2. The van der Waals surface area contributed by atoms with Crippen molar-refractivity contribution in [2.75, 3.05) is 19.7 Å². The maximum absolute atomic E-state index is 12.5. The molecule has 0 spiro atoms. The van der Waals surface area contributed by atoms with E-state index in [2.05, 4.69) is 5.32 Å². The lowest BCUT2D eigenvalue weighted by molar-refractivity contribution is 0.0686. The van der Waals surface area contributed by atoms with Crippen LogP contribution < -0.4 is 5.32 Å². The van der Waals surface area contributed by atoms with Crippen LogP contribution in [0, 0.1) is 6.92 Å². The highest BCUT2D eigenvalue weighted by molar-refractivity contribution is 5.94. The van der Waals surface area contributed by atoms with Crippen molar-refractivity contribution in [2.45, 2.75) is 32.7 Å². The molecule has 2 rings (SSSR count). The number of amides is 2. The summed E-state index contributed by atoms with van der Waals surface area (Å²) in [5.41, 5.74) is 1.82. The van der Waals surface area contributed by atoms with E-state index in [1.165, 1.54) is 0 Å². The SMILES string of the molecule is CCOC(=O)N[C@@H]1CCCN(C(=O)c2ccc(C)cc2)C1. The molecule has 0 aromatic heterocycles. The minimum atomic E-state index is -0.410. The van der Waals surface area contributed by atoms with Gasteiger partial charge in [0.15, 0.2) is 0 Å². The Kier molecular flexibility index (Phi) is 5.20. The van der Waals surface area contributed by atoms with Crippen LogP contribution in [0.5, 0.6) is 0 Å². The molecule has 1 aliphatic rings. The molecule has 1 aromatic rings. The molecule has 1 N–H and O–H groups in total. The summed E-state index contributed by atoms with van der Waals surface area (Å²) in [4.78, 5) is 25.7. The number of alkyl carbamates (subject to hydrolysis) is 1. The molecule has 0 aliphatic carbocycles. The third-order valence-corrected chi connectivity index (χ3v) is 3.60. The van der Waals surface area contributed by atoms with Gasteiger partial charge in [-0.2, -0.15) is 0 Å². The molecule has 21 heavy (non-hydrogen) atoms. The third-order valence-electron chi connectivity index (χ3n) is 3.60.